The van der Waals surface area contributed by atoms with Crippen molar-refractivity contribution in [3.05, 3.63) is 60.2 Å². The Labute approximate surface area is 197 Å². The largest absolute Gasteiger partial charge is 0.348 e. The van der Waals surface area contributed by atoms with Crippen molar-refractivity contribution in [3.63, 3.8) is 0 Å². The number of amides is 1. The van der Waals surface area contributed by atoms with Crippen molar-refractivity contribution in [1.82, 2.24) is 15.4 Å². The van der Waals surface area contributed by atoms with Crippen LogP contribution in [0.25, 0.3) is 11.3 Å². The van der Waals surface area contributed by atoms with Gasteiger partial charge >= 0.3 is 0 Å². The minimum atomic E-state index is 0.0115. The van der Waals surface area contributed by atoms with Crippen LogP contribution < -0.4 is 16.1 Å². The topological polar surface area (TPSA) is 91.3 Å². The van der Waals surface area contributed by atoms with Gasteiger partial charge in [-0.1, -0.05) is 23.8 Å². The average Bonchev–Trinajstić information content (AvgIpc) is 3.58. The number of carbonyl (C=O) groups excluding carboxylic acids is 1. The third-order valence-corrected chi connectivity index (χ3v) is 6.40. The predicted molar refractivity (Wildman–Crippen MR) is 132 cm³/mol. The molecule has 2 aromatic carbocycles. The molecular formula is C25H26N6OS. The Kier molecular flexibility index (Phi) is 6.00. The summed E-state index contributed by atoms with van der Waals surface area (Å²) in [6.07, 6.45) is 2.82. The minimum Gasteiger partial charge on any atom is -0.348 e. The number of hydrogen-bond donors (Lipinski definition) is 3. The maximum atomic E-state index is 12.0. The molecular weight excluding hydrogens is 432 g/mol. The van der Waals surface area contributed by atoms with Gasteiger partial charge < -0.3 is 10.6 Å². The maximum absolute atomic E-state index is 12.0. The van der Waals surface area contributed by atoms with Crippen LogP contribution in [0.3, 0.4) is 0 Å². The Hall–Kier alpha value is -3.39. The van der Waals surface area contributed by atoms with Crippen LogP contribution in [0.1, 0.15) is 31.7 Å². The second kappa shape index (κ2) is 9.23. The Bertz CT molecular complexity index is 1210. The molecule has 8 heteroatoms. The fourth-order valence-corrected chi connectivity index (χ4v) is 4.41. The Morgan fingerprint density at radius 3 is 2.58 bits per heavy atom. The molecule has 3 aromatic rings. The molecule has 0 unspecified atom stereocenters. The number of anilines is 2. The van der Waals surface area contributed by atoms with E-state index in [-0.39, 0.29) is 18.0 Å². The van der Waals surface area contributed by atoms with Crippen LogP contribution in [-0.4, -0.2) is 27.8 Å². The van der Waals surface area contributed by atoms with E-state index in [1.165, 1.54) is 17.3 Å². The van der Waals surface area contributed by atoms with Gasteiger partial charge in [0.05, 0.1) is 5.69 Å². The first-order chi connectivity index (χ1) is 16.0. The van der Waals surface area contributed by atoms with Crippen molar-refractivity contribution >= 4 is 34.9 Å². The molecule has 0 bridgehead atoms. The molecule has 0 spiro atoms. The highest BCUT2D eigenvalue weighted by molar-refractivity contribution is 7.99. The molecule has 5 rings (SSSR count). The van der Waals surface area contributed by atoms with Gasteiger partial charge in [-0.15, -0.1) is 0 Å². The Balaban J connectivity index is 1.37. The van der Waals surface area contributed by atoms with Crippen molar-refractivity contribution in [2.75, 3.05) is 10.6 Å². The maximum Gasteiger partial charge on any atom is 0.227 e. The van der Waals surface area contributed by atoms with Crippen molar-refractivity contribution in [3.8, 4) is 11.3 Å². The lowest BCUT2D eigenvalue weighted by Gasteiger charge is -2.15. The standard InChI is InChI=1S/C25H26N6OS/c1-15-4-3-5-18(12-15)21-14-22(28-23-13-16(2)30-31-23)29-25(27-21)33-20-10-8-19(9-11-20)26-24(32)17-6-7-17/h3-5,8-12,14,17,23,31H,6-7,13H2,1-2H3,(H,26,32)(H,27,28,29)/t23-/m1/s1. The van der Waals surface area contributed by atoms with Gasteiger partial charge in [0, 0.05) is 40.3 Å². The summed E-state index contributed by atoms with van der Waals surface area (Å²) in [6.45, 7) is 4.08. The highest BCUT2D eigenvalue weighted by Crippen LogP contribution is 2.32. The number of nitrogens with one attached hydrogen (secondary N) is 3. The number of rotatable bonds is 7. The number of aryl methyl sites for hydroxylation is 1. The summed E-state index contributed by atoms with van der Waals surface area (Å²) in [4.78, 5) is 22.6. The van der Waals surface area contributed by atoms with Gasteiger partial charge in [0.25, 0.3) is 0 Å². The van der Waals surface area contributed by atoms with Gasteiger partial charge in [-0.05, 0) is 68.8 Å². The van der Waals surface area contributed by atoms with E-state index in [1.54, 1.807) is 0 Å². The lowest BCUT2D eigenvalue weighted by Crippen LogP contribution is -2.29. The van der Waals surface area contributed by atoms with Gasteiger partial charge in [0.15, 0.2) is 5.16 Å². The number of hydrogen-bond acceptors (Lipinski definition) is 7. The van der Waals surface area contributed by atoms with Crippen LogP contribution in [0.2, 0.25) is 0 Å². The van der Waals surface area contributed by atoms with Crippen LogP contribution >= 0.6 is 11.8 Å². The Morgan fingerprint density at radius 2 is 1.88 bits per heavy atom. The van der Waals surface area contributed by atoms with Crippen LogP contribution in [0.4, 0.5) is 11.5 Å². The van der Waals surface area contributed by atoms with E-state index in [2.05, 4.69) is 46.3 Å². The molecule has 1 aliphatic carbocycles. The second-order valence-corrected chi connectivity index (χ2v) is 9.60. The fourth-order valence-electron chi connectivity index (χ4n) is 3.64. The summed E-state index contributed by atoms with van der Waals surface area (Å²) in [5.74, 6) is 1.05. The summed E-state index contributed by atoms with van der Waals surface area (Å²) in [5.41, 5.74) is 8.07. The molecule has 1 aromatic heterocycles. The number of hydrazone groups is 1. The normalized spacial score (nSPS) is 17.3. The molecule has 168 valence electrons. The second-order valence-electron chi connectivity index (χ2n) is 8.56. The number of benzene rings is 2. The molecule has 0 radical (unpaired) electrons. The molecule has 1 amide bonds. The quantitative estimate of drug-likeness (QED) is 0.429. The number of nitrogens with zero attached hydrogens (tertiary/aromatic N) is 3. The molecule has 2 aliphatic rings. The van der Waals surface area contributed by atoms with Crippen LogP contribution in [-0.2, 0) is 4.79 Å². The molecule has 1 saturated carbocycles. The van der Waals surface area contributed by atoms with E-state index in [9.17, 15) is 4.79 Å². The van der Waals surface area contributed by atoms with E-state index >= 15 is 0 Å². The van der Waals surface area contributed by atoms with Gasteiger partial charge in [-0.3, -0.25) is 10.2 Å². The van der Waals surface area contributed by atoms with Gasteiger partial charge in [0.1, 0.15) is 12.0 Å². The minimum absolute atomic E-state index is 0.0115. The first-order valence-corrected chi connectivity index (χ1v) is 11.9. The lowest BCUT2D eigenvalue weighted by atomic mass is 10.1. The van der Waals surface area contributed by atoms with E-state index in [0.717, 1.165) is 52.6 Å². The Morgan fingerprint density at radius 1 is 1.06 bits per heavy atom. The zero-order valence-electron chi connectivity index (χ0n) is 18.6. The molecule has 33 heavy (non-hydrogen) atoms. The fraction of sp³-hybridized carbons (Fsp3) is 0.280. The van der Waals surface area contributed by atoms with Crippen LogP contribution in [0.15, 0.2) is 69.8 Å². The molecule has 1 fully saturated rings. The highest BCUT2D eigenvalue weighted by Gasteiger charge is 2.29. The average molecular weight is 459 g/mol. The zero-order chi connectivity index (χ0) is 22.8. The number of aromatic nitrogens is 2. The van der Waals surface area contributed by atoms with Crippen LogP contribution in [0.5, 0.6) is 0 Å². The predicted octanol–water partition coefficient (Wildman–Crippen LogP) is 5.06. The van der Waals surface area contributed by atoms with E-state index in [1.807, 2.05) is 43.3 Å². The molecule has 3 N–H and O–H groups in total. The van der Waals surface area contributed by atoms with Crippen molar-refractivity contribution in [1.29, 1.82) is 0 Å². The third-order valence-electron chi connectivity index (χ3n) is 5.53. The van der Waals surface area contributed by atoms with Crippen LogP contribution in [0, 0.1) is 12.8 Å². The van der Waals surface area contributed by atoms with Gasteiger partial charge in [-0.25, -0.2) is 9.97 Å². The highest BCUT2D eigenvalue weighted by atomic mass is 32.2. The molecule has 0 saturated heterocycles. The van der Waals surface area contributed by atoms with E-state index in [0.29, 0.717) is 5.16 Å². The third kappa shape index (κ3) is 5.51. The smallest absolute Gasteiger partial charge is 0.227 e. The summed E-state index contributed by atoms with van der Waals surface area (Å²) in [5, 5.41) is 11.3. The summed E-state index contributed by atoms with van der Waals surface area (Å²) in [7, 11) is 0. The monoisotopic (exact) mass is 458 g/mol. The van der Waals surface area contributed by atoms with E-state index in [4.69, 9.17) is 9.97 Å². The first kappa shape index (κ1) is 21.5. The van der Waals surface area contributed by atoms with Crippen molar-refractivity contribution in [2.24, 2.45) is 11.0 Å². The summed E-state index contributed by atoms with van der Waals surface area (Å²) in [6, 6.07) is 18.1. The summed E-state index contributed by atoms with van der Waals surface area (Å²) < 4.78 is 0. The van der Waals surface area contributed by atoms with Gasteiger partial charge in [-0.2, -0.15) is 5.10 Å². The zero-order valence-corrected chi connectivity index (χ0v) is 19.4. The van der Waals surface area contributed by atoms with Gasteiger partial charge in [0.2, 0.25) is 5.91 Å². The molecule has 2 heterocycles. The first-order valence-electron chi connectivity index (χ1n) is 11.1. The molecule has 7 nitrogen and oxygen atoms in total. The number of carbonyl (C=O) groups is 1. The summed E-state index contributed by atoms with van der Waals surface area (Å²) >= 11 is 1.50. The molecule has 1 aliphatic heterocycles. The van der Waals surface area contributed by atoms with Crippen molar-refractivity contribution < 1.29 is 4.79 Å². The van der Waals surface area contributed by atoms with E-state index < -0.39 is 0 Å². The van der Waals surface area contributed by atoms with Crippen molar-refractivity contribution in [2.45, 2.75) is 49.3 Å². The molecule has 1 atom stereocenters. The SMILES string of the molecule is CC1=NN[C@@H](Nc2cc(-c3cccc(C)c3)nc(Sc3ccc(NC(=O)C4CC4)cc3)n2)C1. The lowest BCUT2D eigenvalue weighted by molar-refractivity contribution is -0.117.